The molecule has 1 aromatic rings. The van der Waals surface area contributed by atoms with Crippen LogP contribution in [0.5, 0.6) is 11.5 Å². The van der Waals surface area contributed by atoms with Crippen LogP contribution >= 0.6 is 0 Å². The van der Waals surface area contributed by atoms with Crippen LogP contribution in [0.3, 0.4) is 0 Å². The molecule has 0 saturated heterocycles. The van der Waals surface area contributed by atoms with Crippen LogP contribution in [0.25, 0.3) is 0 Å². The summed E-state index contributed by atoms with van der Waals surface area (Å²) in [5, 5.41) is 0. The van der Waals surface area contributed by atoms with Crippen molar-refractivity contribution in [3.05, 3.63) is 18.2 Å². The van der Waals surface area contributed by atoms with Crippen LogP contribution in [-0.4, -0.2) is 20.7 Å². The molecule has 0 aliphatic heterocycles. The van der Waals surface area contributed by atoms with Gasteiger partial charge in [-0.25, -0.2) is 0 Å². The molecule has 0 unspecified atom stereocenters. The molecule has 108 valence electrons. The average molecular weight is 275 g/mol. The molecule has 0 fully saturated rings. The smallest absolute Gasteiger partial charge is 0.497 e. The van der Waals surface area contributed by atoms with Gasteiger partial charge in [0, 0.05) is 0 Å². The maximum Gasteiger partial charge on any atom is 0.513 e. The second-order valence-corrected chi connectivity index (χ2v) is 4.39. The fourth-order valence-corrected chi connectivity index (χ4v) is 1.75. The second kappa shape index (κ2) is 7.31. The van der Waals surface area contributed by atoms with E-state index in [4.69, 9.17) is 9.47 Å². The summed E-state index contributed by atoms with van der Waals surface area (Å²) in [6.07, 6.45) is 3.89. The summed E-state index contributed by atoms with van der Waals surface area (Å²) in [5.41, 5.74) is -0.727. The van der Waals surface area contributed by atoms with Gasteiger partial charge in [-0.2, -0.15) is 0 Å². The third-order valence-corrected chi connectivity index (χ3v) is 2.83. The van der Waals surface area contributed by atoms with Crippen molar-refractivity contribution in [1.29, 1.82) is 0 Å². The Morgan fingerprint density at radius 3 is 2.42 bits per heavy atom. The molecule has 0 heterocycles. The van der Waals surface area contributed by atoms with Gasteiger partial charge >= 0.3 is 6.98 Å². The molecule has 0 bridgehead atoms. The van der Waals surface area contributed by atoms with Gasteiger partial charge in [0.05, 0.1) is 19.5 Å². The molecule has 6 heteroatoms. The Hall–Kier alpha value is -1.33. The molecule has 0 N–H and O–H groups in total. The van der Waals surface area contributed by atoms with Gasteiger partial charge in [0.25, 0.3) is 0 Å². The maximum atomic E-state index is 12.9. The number of methoxy groups -OCH3 is 1. The first-order valence-corrected chi connectivity index (χ1v) is 6.49. The van der Waals surface area contributed by atoms with E-state index in [0.717, 1.165) is 31.7 Å². The van der Waals surface area contributed by atoms with E-state index in [1.165, 1.54) is 19.2 Å². The number of rotatable bonds is 8. The van der Waals surface area contributed by atoms with Crippen molar-refractivity contribution < 1.29 is 22.4 Å². The lowest BCUT2D eigenvalue weighted by atomic mass is 9.79. The molecular weight excluding hydrogens is 256 g/mol. The molecule has 1 aromatic carbocycles. The Balaban J connectivity index is 2.71. The summed E-state index contributed by atoms with van der Waals surface area (Å²) in [7, 11) is 1.34. The van der Waals surface area contributed by atoms with Crippen LogP contribution in [0.1, 0.15) is 32.6 Å². The van der Waals surface area contributed by atoms with Gasteiger partial charge < -0.3 is 22.4 Å². The molecule has 0 spiro atoms. The number of hydrogen-bond donors (Lipinski definition) is 0. The zero-order valence-corrected chi connectivity index (χ0v) is 11.3. The summed E-state index contributed by atoms with van der Waals surface area (Å²) < 4.78 is 48.8. The first kappa shape index (κ1) is 15.7. The molecule has 0 atom stereocenters. The first-order valence-electron chi connectivity index (χ1n) is 6.49. The van der Waals surface area contributed by atoms with Crippen molar-refractivity contribution in [1.82, 2.24) is 0 Å². The molecule has 0 radical (unpaired) electrons. The van der Waals surface area contributed by atoms with Crippen LogP contribution in [0.2, 0.25) is 0 Å². The lowest BCUT2D eigenvalue weighted by Gasteiger charge is -2.20. The van der Waals surface area contributed by atoms with Crippen LogP contribution in [0, 0.1) is 0 Å². The molecule has 0 aromatic heterocycles. The summed E-state index contributed by atoms with van der Waals surface area (Å²) in [4.78, 5) is 0. The molecule has 1 rings (SSSR count). The summed E-state index contributed by atoms with van der Waals surface area (Å²) in [6.45, 7) is -2.71. The maximum absolute atomic E-state index is 12.9. The highest BCUT2D eigenvalue weighted by molar-refractivity contribution is 6.74. The van der Waals surface area contributed by atoms with Gasteiger partial charge in [-0.1, -0.05) is 31.6 Å². The molecule has 19 heavy (non-hydrogen) atoms. The highest BCUT2D eigenvalue weighted by Crippen LogP contribution is 2.22. The van der Waals surface area contributed by atoms with Crippen LogP contribution in [-0.2, 0) is 0 Å². The van der Waals surface area contributed by atoms with Crippen molar-refractivity contribution in [2.45, 2.75) is 32.6 Å². The van der Waals surface area contributed by atoms with Crippen molar-refractivity contribution in [2.24, 2.45) is 0 Å². The van der Waals surface area contributed by atoms with E-state index in [0.29, 0.717) is 6.61 Å². The van der Waals surface area contributed by atoms with Gasteiger partial charge in [0.2, 0.25) is 0 Å². The quantitative estimate of drug-likeness (QED) is 0.532. The molecule has 0 aliphatic carbocycles. The van der Waals surface area contributed by atoms with Gasteiger partial charge in [-0.05, 0) is 24.6 Å². The Labute approximate surface area is 112 Å². The summed E-state index contributed by atoms with van der Waals surface area (Å²) in [6, 6.07) is 3.79. The molecular formula is C13H19BF3O2-. The monoisotopic (exact) mass is 275 g/mol. The minimum Gasteiger partial charge on any atom is -0.497 e. The lowest BCUT2D eigenvalue weighted by Crippen LogP contribution is -2.35. The van der Waals surface area contributed by atoms with Crippen molar-refractivity contribution in [2.75, 3.05) is 13.7 Å². The normalized spacial score (nSPS) is 11.4. The van der Waals surface area contributed by atoms with Gasteiger partial charge in [-0.15, -0.1) is 0 Å². The molecule has 0 saturated carbocycles. The van der Waals surface area contributed by atoms with E-state index in [1.54, 1.807) is 0 Å². The van der Waals surface area contributed by atoms with Crippen molar-refractivity contribution >= 4 is 12.4 Å². The average Bonchev–Trinajstić information content (AvgIpc) is 2.37. The Morgan fingerprint density at radius 1 is 1.11 bits per heavy atom. The molecule has 2 nitrogen and oxygen atoms in total. The van der Waals surface area contributed by atoms with E-state index in [-0.39, 0.29) is 11.5 Å². The zero-order chi connectivity index (χ0) is 14.3. The zero-order valence-electron chi connectivity index (χ0n) is 11.3. The number of halogens is 3. The predicted molar refractivity (Wildman–Crippen MR) is 71.3 cm³/mol. The second-order valence-electron chi connectivity index (χ2n) is 4.39. The lowest BCUT2D eigenvalue weighted by molar-refractivity contribution is 0.305. The number of ether oxygens (including phenoxy) is 2. The fourth-order valence-electron chi connectivity index (χ4n) is 1.75. The van der Waals surface area contributed by atoms with Gasteiger partial charge in [-0.3, -0.25) is 0 Å². The van der Waals surface area contributed by atoms with Crippen molar-refractivity contribution in [3.63, 3.8) is 0 Å². The van der Waals surface area contributed by atoms with Crippen LogP contribution < -0.4 is 14.9 Å². The topological polar surface area (TPSA) is 18.5 Å². The van der Waals surface area contributed by atoms with E-state index in [1.807, 2.05) is 0 Å². The fraction of sp³-hybridized carbons (Fsp3) is 0.538. The Morgan fingerprint density at radius 2 is 1.84 bits per heavy atom. The third-order valence-electron chi connectivity index (χ3n) is 2.83. The highest BCUT2D eigenvalue weighted by atomic mass is 19.4. The first-order chi connectivity index (χ1) is 8.99. The highest BCUT2D eigenvalue weighted by Gasteiger charge is 2.29. The number of benzene rings is 1. The summed E-state index contributed by atoms with van der Waals surface area (Å²) in [5.74, 6) is 0.0809. The largest absolute Gasteiger partial charge is 0.513 e. The predicted octanol–water partition coefficient (Wildman–Crippen LogP) is 3.71. The van der Waals surface area contributed by atoms with E-state index in [9.17, 15) is 12.9 Å². The number of unbranched alkanes of at least 4 members (excludes halogenated alkanes) is 3. The van der Waals surface area contributed by atoms with Crippen LogP contribution in [0.4, 0.5) is 12.9 Å². The SMILES string of the molecule is CCCCCCOc1ccc(OC)cc1[B-](F)(F)F. The Kier molecular flexibility index (Phi) is 6.05. The molecule has 0 aliphatic rings. The van der Waals surface area contributed by atoms with Gasteiger partial charge in [0.1, 0.15) is 5.75 Å². The minimum atomic E-state index is -5.10. The van der Waals surface area contributed by atoms with E-state index >= 15 is 0 Å². The minimum absolute atomic E-state index is 0.107. The number of hydrogen-bond acceptors (Lipinski definition) is 2. The Bertz CT molecular complexity index is 394. The standard InChI is InChI=1S/C13H19BF3O2/c1-3-4-5-6-9-19-13-8-7-11(18-2)10-12(13)14(15,16)17/h7-8,10H,3-6,9H2,1-2H3/q-1. The van der Waals surface area contributed by atoms with Crippen LogP contribution in [0.15, 0.2) is 18.2 Å². The van der Waals surface area contributed by atoms with E-state index in [2.05, 4.69) is 6.92 Å². The van der Waals surface area contributed by atoms with E-state index < -0.39 is 12.4 Å². The third kappa shape index (κ3) is 5.05. The van der Waals surface area contributed by atoms with Crippen molar-refractivity contribution in [3.8, 4) is 11.5 Å². The summed E-state index contributed by atoms with van der Waals surface area (Å²) >= 11 is 0. The van der Waals surface area contributed by atoms with Gasteiger partial charge in [0.15, 0.2) is 0 Å². The molecule has 0 amide bonds.